The first kappa shape index (κ1) is 13.3. The molecule has 102 valence electrons. The molecule has 1 fully saturated rings. The molecule has 1 aromatic heterocycles. The Hall–Kier alpha value is -2.11. The first-order valence-electron chi connectivity index (χ1n) is 6.37. The molecule has 0 radical (unpaired) electrons. The van der Waals surface area contributed by atoms with Crippen LogP contribution in [0.4, 0.5) is 5.82 Å². The Balaban J connectivity index is 1.93. The van der Waals surface area contributed by atoms with E-state index in [4.69, 9.17) is 4.74 Å². The molecule has 0 atom stereocenters. The lowest BCUT2D eigenvalue weighted by Gasteiger charge is -2.34. The number of carbonyl (C=O) groups excluding carboxylic acids is 1. The molecule has 1 saturated heterocycles. The van der Waals surface area contributed by atoms with Gasteiger partial charge in [-0.3, -0.25) is 4.79 Å². The van der Waals surface area contributed by atoms with E-state index in [1.807, 2.05) is 19.1 Å². The Labute approximate surface area is 112 Å². The highest BCUT2D eigenvalue weighted by Crippen LogP contribution is 2.15. The molecule has 2 heterocycles. The van der Waals surface area contributed by atoms with Crippen molar-refractivity contribution < 1.29 is 9.53 Å². The van der Waals surface area contributed by atoms with Crippen molar-refractivity contribution in [1.82, 2.24) is 15.1 Å². The number of nitrogens with zero attached hydrogens (tertiary/aromatic N) is 4. The lowest BCUT2D eigenvalue weighted by atomic mass is 10.3. The van der Waals surface area contributed by atoms with Crippen LogP contribution in [0.5, 0.6) is 5.88 Å². The fraction of sp³-hybridized carbons (Fsp3) is 0.462. The van der Waals surface area contributed by atoms with E-state index in [9.17, 15) is 4.79 Å². The van der Waals surface area contributed by atoms with Gasteiger partial charge >= 0.3 is 0 Å². The fourth-order valence-electron chi connectivity index (χ4n) is 1.99. The minimum Gasteiger partial charge on any atom is -0.477 e. The van der Waals surface area contributed by atoms with Gasteiger partial charge in [0.1, 0.15) is 0 Å². The summed E-state index contributed by atoms with van der Waals surface area (Å²) in [7, 11) is 0. The zero-order valence-corrected chi connectivity index (χ0v) is 11.1. The molecule has 0 aromatic carbocycles. The number of carbonyl (C=O) groups is 1. The highest BCUT2D eigenvalue weighted by molar-refractivity contribution is 5.87. The molecular formula is C13H18N4O2. The second kappa shape index (κ2) is 6.17. The van der Waals surface area contributed by atoms with Crippen LogP contribution in [-0.2, 0) is 4.79 Å². The Morgan fingerprint density at radius 2 is 2.11 bits per heavy atom. The summed E-state index contributed by atoms with van der Waals surface area (Å²) in [6, 6.07) is 3.70. The van der Waals surface area contributed by atoms with Crippen LogP contribution in [-0.4, -0.2) is 53.8 Å². The summed E-state index contributed by atoms with van der Waals surface area (Å²) < 4.78 is 5.26. The lowest BCUT2D eigenvalue weighted by molar-refractivity contribution is -0.126. The summed E-state index contributed by atoms with van der Waals surface area (Å²) in [6.07, 6.45) is 1.35. The largest absolute Gasteiger partial charge is 0.477 e. The van der Waals surface area contributed by atoms with E-state index in [-0.39, 0.29) is 5.91 Å². The molecule has 6 heteroatoms. The van der Waals surface area contributed by atoms with Gasteiger partial charge in [-0.15, -0.1) is 10.2 Å². The molecule has 0 N–H and O–H groups in total. The maximum atomic E-state index is 11.5. The molecule has 1 aromatic rings. The molecule has 1 aliphatic rings. The van der Waals surface area contributed by atoms with Gasteiger partial charge in [-0.2, -0.15) is 0 Å². The summed E-state index contributed by atoms with van der Waals surface area (Å²) in [4.78, 5) is 15.4. The van der Waals surface area contributed by atoms with E-state index < -0.39 is 0 Å². The quantitative estimate of drug-likeness (QED) is 0.748. The van der Waals surface area contributed by atoms with Gasteiger partial charge in [-0.25, -0.2) is 0 Å². The molecule has 19 heavy (non-hydrogen) atoms. The maximum absolute atomic E-state index is 11.5. The van der Waals surface area contributed by atoms with Gasteiger partial charge < -0.3 is 14.5 Å². The minimum absolute atomic E-state index is 0.0163. The topological polar surface area (TPSA) is 58.6 Å². The van der Waals surface area contributed by atoms with E-state index >= 15 is 0 Å². The van der Waals surface area contributed by atoms with Crippen molar-refractivity contribution in [2.45, 2.75) is 6.92 Å². The van der Waals surface area contributed by atoms with Crippen LogP contribution in [0.3, 0.4) is 0 Å². The molecule has 0 spiro atoms. The third-order valence-electron chi connectivity index (χ3n) is 3.01. The van der Waals surface area contributed by atoms with Gasteiger partial charge in [0.25, 0.3) is 0 Å². The van der Waals surface area contributed by atoms with Crippen LogP contribution in [0.25, 0.3) is 0 Å². The van der Waals surface area contributed by atoms with E-state index in [0.717, 1.165) is 18.9 Å². The second-order valence-electron chi connectivity index (χ2n) is 4.18. The molecule has 1 amide bonds. The summed E-state index contributed by atoms with van der Waals surface area (Å²) in [5.74, 6) is 1.33. The van der Waals surface area contributed by atoms with Gasteiger partial charge in [0.2, 0.25) is 11.8 Å². The SMILES string of the molecule is C=CC(=O)N1CCN(c2ccc(OCC)nn2)CC1. The van der Waals surface area contributed by atoms with E-state index in [0.29, 0.717) is 25.6 Å². The van der Waals surface area contributed by atoms with Crippen molar-refractivity contribution in [3.63, 3.8) is 0 Å². The van der Waals surface area contributed by atoms with Crippen molar-refractivity contribution in [3.8, 4) is 5.88 Å². The zero-order chi connectivity index (χ0) is 13.7. The smallest absolute Gasteiger partial charge is 0.246 e. The van der Waals surface area contributed by atoms with Crippen LogP contribution in [0.15, 0.2) is 24.8 Å². The number of ether oxygens (including phenoxy) is 1. The molecular weight excluding hydrogens is 244 g/mol. The third-order valence-corrected chi connectivity index (χ3v) is 3.01. The van der Waals surface area contributed by atoms with Crippen LogP contribution in [0, 0.1) is 0 Å². The van der Waals surface area contributed by atoms with Gasteiger partial charge in [0.15, 0.2) is 5.82 Å². The van der Waals surface area contributed by atoms with Gasteiger partial charge in [-0.1, -0.05) is 6.58 Å². The van der Waals surface area contributed by atoms with Crippen molar-refractivity contribution in [3.05, 3.63) is 24.8 Å². The van der Waals surface area contributed by atoms with Crippen molar-refractivity contribution >= 4 is 11.7 Å². The number of hydrogen-bond donors (Lipinski definition) is 0. The van der Waals surface area contributed by atoms with Crippen molar-refractivity contribution in [2.24, 2.45) is 0 Å². The average Bonchev–Trinajstić information content (AvgIpc) is 2.48. The van der Waals surface area contributed by atoms with Crippen LogP contribution >= 0.6 is 0 Å². The zero-order valence-electron chi connectivity index (χ0n) is 11.1. The molecule has 1 aliphatic heterocycles. The highest BCUT2D eigenvalue weighted by atomic mass is 16.5. The molecule has 0 saturated carbocycles. The van der Waals surface area contributed by atoms with Gasteiger partial charge in [-0.05, 0) is 19.1 Å². The van der Waals surface area contributed by atoms with Crippen molar-refractivity contribution in [1.29, 1.82) is 0 Å². The van der Waals surface area contributed by atoms with Crippen LogP contribution in [0.2, 0.25) is 0 Å². The predicted octanol–water partition coefficient (Wildman–Crippen LogP) is 0.710. The highest BCUT2D eigenvalue weighted by Gasteiger charge is 2.20. The Morgan fingerprint density at radius 3 is 2.63 bits per heavy atom. The van der Waals surface area contributed by atoms with Crippen LogP contribution in [0.1, 0.15) is 6.92 Å². The number of aromatic nitrogens is 2. The molecule has 0 aliphatic carbocycles. The first-order chi connectivity index (χ1) is 9.24. The summed E-state index contributed by atoms with van der Waals surface area (Å²) in [6.45, 7) is 8.85. The van der Waals surface area contributed by atoms with E-state index in [2.05, 4.69) is 21.7 Å². The second-order valence-corrected chi connectivity index (χ2v) is 4.18. The summed E-state index contributed by atoms with van der Waals surface area (Å²) in [5.41, 5.74) is 0. The number of rotatable bonds is 4. The fourth-order valence-corrected chi connectivity index (χ4v) is 1.99. The van der Waals surface area contributed by atoms with E-state index in [1.165, 1.54) is 6.08 Å². The minimum atomic E-state index is -0.0163. The standard InChI is InChI=1S/C13H18N4O2/c1-3-13(18)17-9-7-16(8-10-17)11-5-6-12(15-14-11)19-4-2/h3,5-6H,1,4,7-10H2,2H3. The van der Waals surface area contributed by atoms with Crippen LogP contribution < -0.4 is 9.64 Å². The Morgan fingerprint density at radius 1 is 1.37 bits per heavy atom. The normalized spacial score (nSPS) is 15.2. The number of anilines is 1. The predicted molar refractivity (Wildman–Crippen MR) is 72.2 cm³/mol. The van der Waals surface area contributed by atoms with Crippen molar-refractivity contribution in [2.75, 3.05) is 37.7 Å². The molecule has 6 nitrogen and oxygen atoms in total. The molecule has 0 unspecified atom stereocenters. The Kier molecular flexibility index (Phi) is 4.33. The maximum Gasteiger partial charge on any atom is 0.246 e. The third kappa shape index (κ3) is 3.21. The monoisotopic (exact) mass is 262 g/mol. The average molecular weight is 262 g/mol. The molecule has 0 bridgehead atoms. The summed E-state index contributed by atoms with van der Waals surface area (Å²) in [5, 5.41) is 8.14. The van der Waals surface area contributed by atoms with Gasteiger partial charge in [0.05, 0.1) is 6.61 Å². The van der Waals surface area contributed by atoms with E-state index in [1.54, 1.807) is 4.90 Å². The first-order valence-corrected chi connectivity index (χ1v) is 6.37. The number of amides is 1. The number of hydrogen-bond acceptors (Lipinski definition) is 5. The molecule has 2 rings (SSSR count). The Bertz CT molecular complexity index is 438. The summed E-state index contributed by atoms with van der Waals surface area (Å²) >= 11 is 0. The lowest BCUT2D eigenvalue weighted by Crippen LogP contribution is -2.48. The van der Waals surface area contributed by atoms with Gasteiger partial charge in [0, 0.05) is 32.2 Å². The number of piperazine rings is 1.